The lowest BCUT2D eigenvalue weighted by atomic mass is 10.0. The van der Waals surface area contributed by atoms with Crippen LogP contribution >= 0.6 is 11.6 Å². The Kier molecular flexibility index (Phi) is 10.0. The molecular formula is C21H35ClN4O3. The summed E-state index contributed by atoms with van der Waals surface area (Å²) in [5.74, 6) is 0.471. The summed E-state index contributed by atoms with van der Waals surface area (Å²) in [6, 6.07) is 5.73. The van der Waals surface area contributed by atoms with E-state index in [-0.39, 0.29) is 6.03 Å². The van der Waals surface area contributed by atoms with Crippen LogP contribution in [0.4, 0.5) is 10.5 Å². The van der Waals surface area contributed by atoms with Gasteiger partial charge in [-0.15, -0.1) is 0 Å². The maximum Gasteiger partial charge on any atom is 0.321 e. The van der Waals surface area contributed by atoms with Crippen molar-refractivity contribution < 1.29 is 14.3 Å². The van der Waals surface area contributed by atoms with Crippen LogP contribution in [0.1, 0.15) is 19.8 Å². The number of para-hydroxylation sites is 1. The average molecular weight is 427 g/mol. The number of rotatable bonds is 10. The molecule has 164 valence electrons. The fraction of sp³-hybridized carbons (Fsp3) is 0.667. The minimum absolute atomic E-state index is 0.182. The molecule has 0 aliphatic carbocycles. The Morgan fingerprint density at radius 3 is 2.66 bits per heavy atom. The van der Waals surface area contributed by atoms with Gasteiger partial charge in [0.2, 0.25) is 0 Å². The molecule has 0 aromatic heterocycles. The normalized spacial score (nSPS) is 15.5. The van der Waals surface area contributed by atoms with E-state index in [0.717, 1.165) is 19.6 Å². The van der Waals surface area contributed by atoms with E-state index in [1.807, 2.05) is 6.92 Å². The molecule has 1 aliphatic rings. The van der Waals surface area contributed by atoms with Crippen LogP contribution in [0.2, 0.25) is 5.02 Å². The van der Waals surface area contributed by atoms with Crippen LogP contribution < -0.4 is 10.1 Å². The molecule has 0 radical (unpaired) electrons. The smallest absolute Gasteiger partial charge is 0.321 e. The third-order valence-corrected chi connectivity index (χ3v) is 5.63. The number of likely N-dealkylation sites (N-methyl/N-ethyl adjacent to an activating group) is 2. The number of urea groups is 1. The lowest BCUT2D eigenvalue weighted by Crippen LogP contribution is -2.45. The van der Waals surface area contributed by atoms with E-state index >= 15 is 0 Å². The summed E-state index contributed by atoms with van der Waals surface area (Å²) in [7, 11) is 6.11. The molecule has 1 saturated heterocycles. The van der Waals surface area contributed by atoms with Crippen molar-refractivity contribution in [3.05, 3.63) is 23.2 Å². The highest BCUT2D eigenvalue weighted by atomic mass is 35.5. The number of amides is 2. The first-order valence-electron chi connectivity index (χ1n) is 10.3. The average Bonchev–Trinajstić information content (AvgIpc) is 2.71. The first-order valence-corrected chi connectivity index (χ1v) is 10.7. The van der Waals surface area contributed by atoms with Gasteiger partial charge in [-0.05, 0) is 59.1 Å². The number of halogens is 1. The van der Waals surface area contributed by atoms with E-state index < -0.39 is 0 Å². The summed E-state index contributed by atoms with van der Waals surface area (Å²) < 4.78 is 11.0. The molecule has 1 aliphatic heterocycles. The highest BCUT2D eigenvalue weighted by Gasteiger charge is 2.21. The lowest BCUT2D eigenvalue weighted by molar-refractivity contribution is 0.110. The summed E-state index contributed by atoms with van der Waals surface area (Å²) in [5.41, 5.74) is 0.564. The number of ether oxygens (including phenoxy) is 2. The van der Waals surface area contributed by atoms with Crippen LogP contribution in [-0.2, 0) is 4.74 Å². The van der Waals surface area contributed by atoms with Crippen LogP contribution in [-0.4, -0.2) is 93.9 Å². The summed E-state index contributed by atoms with van der Waals surface area (Å²) >= 11 is 6.26. The predicted molar refractivity (Wildman–Crippen MR) is 118 cm³/mol. The Morgan fingerprint density at radius 1 is 1.24 bits per heavy atom. The molecule has 1 aromatic carbocycles. The number of hydrogen-bond donors (Lipinski definition) is 1. The van der Waals surface area contributed by atoms with E-state index in [1.165, 1.54) is 12.8 Å². The standard InChI is InChI=1S/C21H35ClN4O3/c1-5-28-15-16-29-20-18(22)7-6-8-19(20)23-21(27)26(4)14-13-25(3)17-9-11-24(2)12-10-17/h6-8,17H,5,9-16H2,1-4H3,(H,23,27). The van der Waals surface area contributed by atoms with Crippen molar-refractivity contribution in [2.45, 2.75) is 25.8 Å². The van der Waals surface area contributed by atoms with Gasteiger partial charge in [-0.1, -0.05) is 17.7 Å². The Balaban J connectivity index is 1.84. The monoisotopic (exact) mass is 426 g/mol. The van der Waals surface area contributed by atoms with Gasteiger partial charge in [0.1, 0.15) is 6.61 Å². The molecule has 0 spiro atoms. The number of carbonyl (C=O) groups excluding carboxylic acids is 1. The summed E-state index contributed by atoms with van der Waals surface area (Å²) in [6.45, 7) is 7.16. The molecular weight excluding hydrogens is 392 g/mol. The molecule has 2 amide bonds. The molecule has 1 aromatic rings. The molecule has 2 rings (SSSR count). The molecule has 8 heteroatoms. The van der Waals surface area contributed by atoms with Crippen molar-refractivity contribution in [1.82, 2.24) is 14.7 Å². The van der Waals surface area contributed by atoms with Crippen molar-refractivity contribution in [2.24, 2.45) is 0 Å². The third kappa shape index (κ3) is 7.66. The highest BCUT2D eigenvalue weighted by molar-refractivity contribution is 6.32. The molecule has 0 saturated carbocycles. The topological polar surface area (TPSA) is 57.3 Å². The SMILES string of the molecule is CCOCCOc1c(Cl)cccc1NC(=O)N(C)CCN(C)C1CCN(C)CC1. The van der Waals surface area contributed by atoms with Gasteiger partial charge in [-0.2, -0.15) is 0 Å². The van der Waals surface area contributed by atoms with E-state index in [0.29, 0.717) is 48.9 Å². The van der Waals surface area contributed by atoms with E-state index in [1.54, 1.807) is 30.1 Å². The van der Waals surface area contributed by atoms with Crippen LogP contribution in [0.5, 0.6) is 5.75 Å². The van der Waals surface area contributed by atoms with E-state index in [4.69, 9.17) is 21.1 Å². The predicted octanol–water partition coefficient (Wildman–Crippen LogP) is 3.25. The molecule has 1 fully saturated rings. The molecule has 0 unspecified atom stereocenters. The van der Waals surface area contributed by atoms with Crippen molar-refractivity contribution >= 4 is 23.3 Å². The second kappa shape index (κ2) is 12.2. The van der Waals surface area contributed by atoms with Gasteiger partial charge in [-0.25, -0.2) is 4.79 Å². The Labute approximate surface area is 179 Å². The maximum atomic E-state index is 12.7. The number of hydrogen-bond acceptors (Lipinski definition) is 5. The van der Waals surface area contributed by atoms with Gasteiger partial charge in [0, 0.05) is 32.8 Å². The maximum absolute atomic E-state index is 12.7. The quantitative estimate of drug-likeness (QED) is 0.582. The molecule has 29 heavy (non-hydrogen) atoms. The fourth-order valence-electron chi connectivity index (χ4n) is 3.34. The molecule has 1 N–H and O–H groups in total. The summed E-state index contributed by atoms with van der Waals surface area (Å²) in [5, 5.41) is 3.37. The Bertz CT molecular complexity index is 638. The largest absolute Gasteiger partial charge is 0.487 e. The molecule has 0 atom stereocenters. The first kappa shape index (κ1) is 23.7. The van der Waals surface area contributed by atoms with Gasteiger partial charge in [0.05, 0.1) is 17.3 Å². The van der Waals surface area contributed by atoms with Crippen molar-refractivity contribution in [2.75, 3.05) is 72.5 Å². The van der Waals surface area contributed by atoms with Gasteiger partial charge >= 0.3 is 6.03 Å². The van der Waals surface area contributed by atoms with E-state index in [2.05, 4.69) is 29.2 Å². The van der Waals surface area contributed by atoms with Crippen LogP contribution in [0.15, 0.2) is 18.2 Å². The van der Waals surface area contributed by atoms with Crippen LogP contribution in [0.3, 0.4) is 0 Å². The number of nitrogens with one attached hydrogen (secondary N) is 1. The van der Waals surface area contributed by atoms with Gasteiger partial charge in [0.25, 0.3) is 0 Å². The number of anilines is 1. The first-order chi connectivity index (χ1) is 13.9. The zero-order valence-corrected chi connectivity index (χ0v) is 18.9. The molecule has 0 bridgehead atoms. The Morgan fingerprint density at radius 2 is 1.97 bits per heavy atom. The molecule has 1 heterocycles. The fourth-order valence-corrected chi connectivity index (χ4v) is 3.57. The second-order valence-corrected chi connectivity index (χ2v) is 7.94. The second-order valence-electron chi connectivity index (χ2n) is 7.53. The van der Waals surface area contributed by atoms with E-state index in [9.17, 15) is 4.79 Å². The number of nitrogens with zero attached hydrogens (tertiary/aromatic N) is 3. The van der Waals surface area contributed by atoms with Crippen molar-refractivity contribution in [3.63, 3.8) is 0 Å². The minimum Gasteiger partial charge on any atom is -0.487 e. The zero-order chi connectivity index (χ0) is 21.2. The molecule has 7 nitrogen and oxygen atoms in total. The summed E-state index contributed by atoms with van der Waals surface area (Å²) in [4.78, 5) is 19.1. The highest BCUT2D eigenvalue weighted by Crippen LogP contribution is 2.33. The lowest BCUT2D eigenvalue weighted by Gasteiger charge is -2.35. The van der Waals surface area contributed by atoms with Gasteiger partial charge < -0.3 is 29.5 Å². The number of piperidine rings is 1. The van der Waals surface area contributed by atoms with Gasteiger partial charge in [0.15, 0.2) is 5.75 Å². The third-order valence-electron chi connectivity index (χ3n) is 5.33. The Hall–Kier alpha value is -1.54. The van der Waals surface area contributed by atoms with Crippen molar-refractivity contribution in [1.29, 1.82) is 0 Å². The number of likely N-dealkylation sites (tertiary alicyclic amines) is 1. The summed E-state index contributed by atoms with van der Waals surface area (Å²) in [6.07, 6.45) is 2.35. The van der Waals surface area contributed by atoms with Gasteiger partial charge in [-0.3, -0.25) is 0 Å². The number of benzene rings is 1. The zero-order valence-electron chi connectivity index (χ0n) is 18.1. The number of carbonyl (C=O) groups is 1. The minimum atomic E-state index is -0.182. The van der Waals surface area contributed by atoms with Crippen molar-refractivity contribution in [3.8, 4) is 5.75 Å². The van der Waals surface area contributed by atoms with Crippen LogP contribution in [0, 0.1) is 0 Å². The van der Waals surface area contributed by atoms with Crippen LogP contribution in [0.25, 0.3) is 0 Å².